The molecule has 0 aliphatic heterocycles. The number of nitrogens with zero attached hydrogens (tertiary/aromatic N) is 1. The fourth-order valence-corrected chi connectivity index (χ4v) is 3.16. The van der Waals surface area contributed by atoms with Crippen LogP contribution in [0.25, 0.3) is 0 Å². The molecule has 100 valence electrons. The van der Waals surface area contributed by atoms with Gasteiger partial charge in [-0.05, 0) is 30.9 Å². The summed E-state index contributed by atoms with van der Waals surface area (Å²) in [7, 11) is 2.04. The Morgan fingerprint density at radius 3 is 2.67 bits per heavy atom. The second-order valence-corrected chi connectivity index (χ2v) is 5.52. The zero-order chi connectivity index (χ0) is 13.0. The monoisotopic (exact) mass is 269 g/mol. The van der Waals surface area contributed by atoms with Crippen LogP contribution >= 0.6 is 11.6 Å². The Morgan fingerprint density at radius 1 is 1.28 bits per heavy atom. The molecular formula is C15H21ClFN. The molecule has 3 heteroatoms. The van der Waals surface area contributed by atoms with Crippen molar-refractivity contribution in [2.75, 3.05) is 18.5 Å². The lowest BCUT2D eigenvalue weighted by molar-refractivity contribution is 0.362. The fraction of sp³-hybridized carbons (Fsp3) is 0.600. The van der Waals surface area contributed by atoms with Gasteiger partial charge in [-0.2, -0.15) is 0 Å². The minimum Gasteiger partial charge on any atom is -0.374 e. The molecule has 0 N–H and O–H groups in total. The summed E-state index contributed by atoms with van der Waals surface area (Å²) in [6.07, 6.45) is 6.65. The summed E-state index contributed by atoms with van der Waals surface area (Å²) in [4.78, 5) is 2.16. The molecule has 0 bridgehead atoms. The van der Waals surface area contributed by atoms with Gasteiger partial charge in [0.1, 0.15) is 5.82 Å². The molecule has 1 saturated carbocycles. The van der Waals surface area contributed by atoms with Gasteiger partial charge in [0.05, 0.1) is 5.88 Å². The average molecular weight is 270 g/mol. The van der Waals surface area contributed by atoms with E-state index in [9.17, 15) is 4.39 Å². The second-order valence-electron chi connectivity index (χ2n) is 5.26. The standard InChI is InChI=1S/C15H21ClFN/c1-18(11-12-6-3-2-4-7-12)15-9-5-8-14(17)13(15)10-16/h5,8-9,12H,2-4,6-7,10-11H2,1H3. The van der Waals surface area contributed by atoms with Crippen LogP contribution in [0.5, 0.6) is 0 Å². The molecule has 0 heterocycles. The largest absolute Gasteiger partial charge is 0.374 e. The van der Waals surface area contributed by atoms with Crippen molar-refractivity contribution in [3.8, 4) is 0 Å². The van der Waals surface area contributed by atoms with Gasteiger partial charge in [0.15, 0.2) is 0 Å². The van der Waals surface area contributed by atoms with Crippen molar-refractivity contribution >= 4 is 17.3 Å². The Bertz CT molecular complexity index is 388. The van der Waals surface area contributed by atoms with Crippen molar-refractivity contribution in [2.24, 2.45) is 5.92 Å². The van der Waals surface area contributed by atoms with Crippen molar-refractivity contribution < 1.29 is 4.39 Å². The molecule has 1 aromatic rings. The van der Waals surface area contributed by atoms with Crippen LogP contribution in [0.3, 0.4) is 0 Å². The normalized spacial score (nSPS) is 16.8. The van der Waals surface area contributed by atoms with Gasteiger partial charge in [-0.1, -0.05) is 25.3 Å². The van der Waals surface area contributed by atoms with Gasteiger partial charge in [-0.15, -0.1) is 11.6 Å². The average Bonchev–Trinajstić information content (AvgIpc) is 2.39. The van der Waals surface area contributed by atoms with Gasteiger partial charge in [-0.3, -0.25) is 0 Å². The zero-order valence-electron chi connectivity index (χ0n) is 11.0. The predicted octanol–water partition coefficient (Wildman–Crippen LogP) is 4.58. The van der Waals surface area contributed by atoms with Gasteiger partial charge in [0.2, 0.25) is 0 Å². The lowest BCUT2D eigenvalue weighted by Gasteiger charge is -2.29. The number of hydrogen-bond acceptors (Lipinski definition) is 1. The number of hydrogen-bond donors (Lipinski definition) is 0. The van der Waals surface area contributed by atoms with Crippen LogP contribution in [0.4, 0.5) is 10.1 Å². The third-order valence-corrected chi connectivity index (χ3v) is 4.16. The SMILES string of the molecule is CN(CC1CCCCC1)c1cccc(F)c1CCl. The highest BCUT2D eigenvalue weighted by Gasteiger charge is 2.17. The third kappa shape index (κ3) is 3.17. The molecule has 1 nitrogen and oxygen atoms in total. The summed E-state index contributed by atoms with van der Waals surface area (Å²) in [6.45, 7) is 1.01. The van der Waals surface area contributed by atoms with E-state index in [0.717, 1.165) is 18.2 Å². The molecule has 1 aromatic carbocycles. The van der Waals surface area contributed by atoms with Crippen molar-refractivity contribution in [2.45, 2.75) is 38.0 Å². The summed E-state index contributed by atoms with van der Waals surface area (Å²) in [5.74, 6) is 0.782. The van der Waals surface area contributed by atoms with Gasteiger partial charge < -0.3 is 4.90 Å². The van der Waals surface area contributed by atoms with E-state index in [1.54, 1.807) is 6.07 Å². The molecule has 0 aromatic heterocycles. The van der Waals surface area contributed by atoms with Crippen LogP contribution in [0, 0.1) is 11.7 Å². The molecule has 18 heavy (non-hydrogen) atoms. The van der Waals surface area contributed by atoms with E-state index in [0.29, 0.717) is 5.56 Å². The molecule has 0 atom stereocenters. The summed E-state index contributed by atoms with van der Waals surface area (Å²) in [6, 6.07) is 5.21. The van der Waals surface area contributed by atoms with Gasteiger partial charge >= 0.3 is 0 Å². The Morgan fingerprint density at radius 2 is 2.00 bits per heavy atom. The summed E-state index contributed by atoms with van der Waals surface area (Å²) < 4.78 is 13.7. The predicted molar refractivity (Wildman–Crippen MR) is 75.8 cm³/mol. The fourth-order valence-electron chi connectivity index (χ4n) is 2.89. The van der Waals surface area contributed by atoms with Gasteiger partial charge in [-0.25, -0.2) is 4.39 Å². The molecule has 0 spiro atoms. The number of benzene rings is 1. The molecule has 1 aliphatic rings. The third-order valence-electron chi connectivity index (χ3n) is 3.90. The highest BCUT2D eigenvalue weighted by atomic mass is 35.5. The summed E-state index contributed by atoms with van der Waals surface area (Å²) in [5, 5.41) is 0. The van der Waals surface area contributed by atoms with Crippen LogP contribution in [0.15, 0.2) is 18.2 Å². The minimum atomic E-state index is -0.196. The maximum absolute atomic E-state index is 13.7. The molecule has 0 saturated heterocycles. The number of halogens is 2. The highest BCUT2D eigenvalue weighted by Crippen LogP contribution is 2.28. The molecule has 2 rings (SSSR count). The zero-order valence-corrected chi connectivity index (χ0v) is 11.7. The lowest BCUT2D eigenvalue weighted by atomic mass is 9.89. The smallest absolute Gasteiger partial charge is 0.129 e. The maximum Gasteiger partial charge on any atom is 0.129 e. The van der Waals surface area contributed by atoms with E-state index in [-0.39, 0.29) is 11.7 Å². The second kappa shape index (κ2) is 6.42. The van der Waals surface area contributed by atoms with Crippen molar-refractivity contribution in [1.82, 2.24) is 0 Å². The molecule has 0 radical (unpaired) electrons. The number of rotatable bonds is 4. The van der Waals surface area contributed by atoms with E-state index >= 15 is 0 Å². The Hall–Kier alpha value is -0.760. The van der Waals surface area contributed by atoms with Crippen LogP contribution < -0.4 is 4.90 Å². The van der Waals surface area contributed by atoms with E-state index in [1.165, 1.54) is 38.2 Å². The van der Waals surface area contributed by atoms with Crippen LogP contribution in [0.1, 0.15) is 37.7 Å². The highest BCUT2D eigenvalue weighted by molar-refractivity contribution is 6.17. The van der Waals surface area contributed by atoms with Crippen LogP contribution in [-0.4, -0.2) is 13.6 Å². The first-order valence-corrected chi connectivity index (χ1v) is 7.30. The maximum atomic E-state index is 13.7. The first-order chi connectivity index (χ1) is 8.72. The first kappa shape index (κ1) is 13.7. The van der Waals surface area contributed by atoms with E-state index in [4.69, 9.17) is 11.6 Å². The number of alkyl halides is 1. The Balaban J connectivity index is 2.07. The van der Waals surface area contributed by atoms with E-state index in [2.05, 4.69) is 4.90 Å². The van der Waals surface area contributed by atoms with E-state index < -0.39 is 0 Å². The molecule has 1 fully saturated rings. The molecular weight excluding hydrogens is 249 g/mol. The van der Waals surface area contributed by atoms with Crippen LogP contribution in [-0.2, 0) is 5.88 Å². The van der Waals surface area contributed by atoms with Crippen molar-refractivity contribution in [1.29, 1.82) is 0 Å². The van der Waals surface area contributed by atoms with Gasteiger partial charge in [0, 0.05) is 24.8 Å². The molecule has 0 unspecified atom stereocenters. The summed E-state index contributed by atoms with van der Waals surface area (Å²) in [5.41, 5.74) is 1.56. The van der Waals surface area contributed by atoms with Crippen molar-refractivity contribution in [3.63, 3.8) is 0 Å². The van der Waals surface area contributed by atoms with Gasteiger partial charge in [0.25, 0.3) is 0 Å². The number of anilines is 1. The lowest BCUT2D eigenvalue weighted by Crippen LogP contribution is -2.27. The topological polar surface area (TPSA) is 3.24 Å². The van der Waals surface area contributed by atoms with E-state index in [1.807, 2.05) is 13.1 Å². The Labute approximate surface area is 114 Å². The molecule has 1 aliphatic carbocycles. The van der Waals surface area contributed by atoms with Crippen LogP contribution in [0.2, 0.25) is 0 Å². The molecule has 0 amide bonds. The van der Waals surface area contributed by atoms with Crippen molar-refractivity contribution in [3.05, 3.63) is 29.6 Å². The summed E-state index contributed by atoms with van der Waals surface area (Å²) >= 11 is 5.86. The Kier molecular flexibility index (Phi) is 4.87. The minimum absolute atomic E-state index is 0.196. The first-order valence-electron chi connectivity index (χ1n) is 6.77. The quantitative estimate of drug-likeness (QED) is 0.723.